The van der Waals surface area contributed by atoms with Gasteiger partial charge in [0, 0.05) is 6.07 Å². The number of alkyl halides is 3. The lowest BCUT2D eigenvalue weighted by Gasteiger charge is -2.72. The third-order valence-corrected chi connectivity index (χ3v) is 5.32. The van der Waals surface area contributed by atoms with Crippen LogP contribution in [-0.2, 0) is 4.79 Å². The molecule has 3 aliphatic rings. The number of nitrogens with zero attached hydrogens (tertiary/aromatic N) is 1. The van der Waals surface area contributed by atoms with E-state index < -0.39 is 46.6 Å². The summed E-state index contributed by atoms with van der Waals surface area (Å²) in [6, 6.07) is -1.28. The maximum absolute atomic E-state index is 13.7. The predicted molar refractivity (Wildman–Crippen MR) is 78.2 cm³/mol. The second-order valence-corrected chi connectivity index (χ2v) is 7.02. The Morgan fingerprint density at radius 2 is 1.92 bits per heavy atom. The summed E-state index contributed by atoms with van der Waals surface area (Å²) in [5, 5.41) is 4.75. The molecular weight excluding hydrogens is 344 g/mol. The molecule has 2 N–H and O–H groups in total. The molecule has 10 heteroatoms. The standard InChI is InChI=1S/C15H15BF5N3O/c1-7(10-9(18)2-8(17)3-22-10)23-12(25)11(24-16)13-4-14(5-13,6-13)15(19,20)21/h2-3,7,11,24H,4-6H2,1H3,(H,23,25)/t7-,11?,13?,14?/m1/s1. The molecule has 3 saturated carbocycles. The average molecular weight is 359 g/mol. The highest BCUT2D eigenvalue weighted by molar-refractivity contribution is 6.07. The Hall–Kier alpha value is -1.71. The van der Waals surface area contributed by atoms with Gasteiger partial charge in [0.25, 0.3) is 0 Å². The minimum atomic E-state index is -4.29. The Morgan fingerprint density at radius 3 is 2.40 bits per heavy atom. The van der Waals surface area contributed by atoms with Gasteiger partial charge in [-0.3, -0.25) is 9.78 Å². The molecule has 2 radical (unpaired) electrons. The molecular formula is C15H15BF5N3O. The van der Waals surface area contributed by atoms with Crippen LogP contribution in [-0.4, -0.2) is 31.1 Å². The summed E-state index contributed by atoms with van der Waals surface area (Å²) in [7, 11) is 5.38. The second-order valence-electron chi connectivity index (χ2n) is 7.02. The third-order valence-electron chi connectivity index (χ3n) is 5.32. The van der Waals surface area contributed by atoms with E-state index in [-0.39, 0.29) is 25.0 Å². The lowest BCUT2D eigenvalue weighted by molar-refractivity contribution is -0.366. The quantitative estimate of drug-likeness (QED) is 0.627. The molecule has 1 unspecified atom stereocenters. The van der Waals surface area contributed by atoms with Gasteiger partial charge in [-0.05, 0) is 31.6 Å². The van der Waals surface area contributed by atoms with Crippen molar-refractivity contribution in [3.8, 4) is 0 Å². The van der Waals surface area contributed by atoms with Crippen LogP contribution >= 0.6 is 0 Å². The smallest absolute Gasteiger partial charge is 0.356 e. The van der Waals surface area contributed by atoms with Gasteiger partial charge in [0.2, 0.25) is 5.91 Å². The maximum Gasteiger partial charge on any atom is 0.394 e. The van der Waals surface area contributed by atoms with Crippen molar-refractivity contribution in [2.24, 2.45) is 10.8 Å². The summed E-state index contributed by atoms with van der Waals surface area (Å²) in [6.45, 7) is 1.44. The number of hydrogen-bond donors (Lipinski definition) is 2. The fraction of sp³-hybridized carbons (Fsp3) is 0.600. The molecule has 3 fully saturated rings. The molecule has 4 rings (SSSR count). The summed E-state index contributed by atoms with van der Waals surface area (Å²) in [5.41, 5.74) is -2.73. The molecule has 2 atom stereocenters. The van der Waals surface area contributed by atoms with Crippen molar-refractivity contribution in [1.29, 1.82) is 0 Å². The van der Waals surface area contributed by atoms with E-state index in [9.17, 15) is 26.7 Å². The van der Waals surface area contributed by atoms with E-state index in [1.807, 2.05) is 0 Å². The van der Waals surface area contributed by atoms with Crippen molar-refractivity contribution < 1.29 is 26.7 Å². The number of carbonyl (C=O) groups excluding carboxylic acids is 1. The van der Waals surface area contributed by atoms with E-state index in [4.69, 9.17) is 7.98 Å². The van der Waals surface area contributed by atoms with Gasteiger partial charge in [-0.15, -0.1) is 0 Å². The highest BCUT2D eigenvalue weighted by Crippen LogP contribution is 2.79. The third kappa shape index (κ3) is 2.70. The first-order valence-corrected chi connectivity index (χ1v) is 7.68. The fourth-order valence-electron chi connectivity index (χ4n) is 4.11. The van der Waals surface area contributed by atoms with E-state index in [1.54, 1.807) is 0 Å². The molecule has 1 aromatic heterocycles. The van der Waals surface area contributed by atoms with E-state index >= 15 is 0 Å². The van der Waals surface area contributed by atoms with E-state index in [0.717, 1.165) is 6.20 Å². The lowest BCUT2D eigenvalue weighted by Crippen LogP contribution is -2.76. The molecule has 1 aromatic rings. The van der Waals surface area contributed by atoms with Gasteiger partial charge in [0.05, 0.1) is 29.4 Å². The van der Waals surface area contributed by atoms with Crippen molar-refractivity contribution >= 4 is 13.9 Å². The van der Waals surface area contributed by atoms with E-state index in [0.29, 0.717) is 6.07 Å². The number of aromatic nitrogens is 1. The summed E-state index contributed by atoms with van der Waals surface area (Å²) in [5.74, 6) is -2.42. The summed E-state index contributed by atoms with van der Waals surface area (Å²) in [4.78, 5) is 16.0. The molecule has 134 valence electrons. The van der Waals surface area contributed by atoms with E-state index in [2.05, 4.69) is 15.5 Å². The number of pyridine rings is 1. The molecule has 4 nitrogen and oxygen atoms in total. The van der Waals surface area contributed by atoms with Gasteiger partial charge in [-0.2, -0.15) is 13.2 Å². The summed E-state index contributed by atoms with van der Waals surface area (Å²) in [6.07, 6.45) is -3.97. The SMILES string of the molecule is [B]NC(C(=O)N[C@H](C)c1ncc(F)cc1F)C12CC(C(F)(F)F)(C1)C2. The number of amides is 1. The molecule has 0 aromatic carbocycles. The highest BCUT2D eigenvalue weighted by atomic mass is 19.4. The molecule has 1 amide bonds. The lowest BCUT2D eigenvalue weighted by atomic mass is 9.32. The van der Waals surface area contributed by atoms with Crippen LogP contribution in [0.3, 0.4) is 0 Å². The first-order chi connectivity index (χ1) is 11.5. The normalized spacial score (nSPS) is 30.0. The van der Waals surface area contributed by atoms with Crippen molar-refractivity contribution in [3.05, 3.63) is 29.6 Å². The summed E-state index contributed by atoms with van der Waals surface area (Å²) < 4.78 is 65.4. The van der Waals surface area contributed by atoms with Crippen molar-refractivity contribution in [2.75, 3.05) is 0 Å². The van der Waals surface area contributed by atoms with Crippen LogP contribution in [0.2, 0.25) is 0 Å². The van der Waals surface area contributed by atoms with Gasteiger partial charge in [-0.25, -0.2) is 8.78 Å². The van der Waals surface area contributed by atoms with Gasteiger partial charge in [0.1, 0.15) is 11.6 Å². The minimum absolute atomic E-state index is 0.163. The molecule has 0 spiro atoms. The Labute approximate surface area is 142 Å². The van der Waals surface area contributed by atoms with Gasteiger partial charge < -0.3 is 10.5 Å². The Balaban J connectivity index is 1.67. The molecule has 25 heavy (non-hydrogen) atoms. The van der Waals surface area contributed by atoms with E-state index in [1.165, 1.54) is 6.92 Å². The van der Waals surface area contributed by atoms with Crippen molar-refractivity contribution in [1.82, 2.24) is 15.5 Å². The topological polar surface area (TPSA) is 54.0 Å². The van der Waals surface area contributed by atoms with Crippen LogP contribution in [0.5, 0.6) is 0 Å². The van der Waals surface area contributed by atoms with Gasteiger partial charge >= 0.3 is 6.18 Å². The number of rotatable bonds is 5. The first kappa shape index (κ1) is 18.1. The fourth-order valence-corrected chi connectivity index (χ4v) is 4.11. The van der Waals surface area contributed by atoms with Crippen molar-refractivity contribution in [3.63, 3.8) is 0 Å². The van der Waals surface area contributed by atoms with Crippen molar-refractivity contribution in [2.45, 2.75) is 44.4 Å². The summed E-state index contributed by atoms with van der Waals surface area (Å²) >= 11 is 0. The Kier molecular flexibility index (Phi) is 4.09. The average Bonchev–Trinajstić information content (AvgIpc) is 2.38. The van der Waals surface area contributed by atoms with Crippen LogP contribution in [0.1, 0.15) is 37.9 Å². The van der Waals surface area contributed by atoms with Crippen LogP contribution in [0, 0.1) is 22.5 Å². The van der Waals surface area contributed by atoms with Crippen LogP contribution in [0.15, 0.2) is 12.3 Å². The largest absolute Gasteiger partial charge is 0.394 e. The number of carbonyl (C=O) groups is 1. The molecule has 1 heterocycles. The van der Waals surface area contributed by atoms with Gasteiger partial charge in [0.15, 0.2) is 7.98 Å². The maximum atomic E-state index is 13.7. The van der Waals surface area contributed by atoms with Crippen LogP contribution in [0.25, 0.3) is 0 Å². The zero-order valence-corrected chi connectivity index (χ0v) is 13.3. The zero-order chi connectivity index (χ0) is 18.6. The number of halogens is 5. The Morgan fingerprint density at radius 1 is 1.32 bits per heavy atom. The van der Waals surface area contributed by atoms with Crippen LogP contribution < -0.4 is 10.5 Å². The Bertz CT molecular complexity index is 691. The molecule has 2 bridgehead atoms. The van der Waals surface area contributed by atoms with Gasteiger partial charge in [-0.1, -0.05) is 0 Å². The number of nitrogens with one attached hydrogen (secondary N) is 2. The number of hydrogen-bond acceptors (Lipinski definition) is 3. The predicted octanol–water partition coefficient (Wildman–Crippen LogP) is 2.31. The molecule has 3 aliphatic carbocycles. The van der Waals surface area contributed by atoms with Crippen LogP contribution in [0.4, 0.5) is 22.0 Å². The molecule has 0 aliphatic heterocycles. The monoisotopic (exact) mass is 359 g/mol. The highest BCUT2D eigenvalue weighted by Gasteiger charge is 2.80. The second kappa shape index (κ2) is 5.65. The molecule has 0 saturated heterocycles. The minimum Gasteiger partial charge on any atom is -0.356 e. The first-order valence-electron chi connectivity index (χ1n) is 7.68. The zero-order valence-electron chi connectivity index (χ0n) is 13.3.